The molecule has 1 N–H and O–H groups in total. The zero-order valence-corrected chi connectivity index (χ0v) is 10.4. The molecule has 0 saturated carbocycles. The predicted octanol–water partition coefficient (Wildman–Crippen LogP) is 3.31. The van der Waals surface area contributed by atoms with Gasteiger partial charge in [0.05, 0.1) is 5.69 Å². The van der Waals surface area contributed by atoms with E-state index in [-0.39, 0.29) is 11.6 Å². The average molecular weight is 325 g/mol. The number of hydrogen-bond acceptors (Lipinski definition) is 1. The van der Waals surface area contributed by atoms with Crippen LogP contribution in [0.2, 0.25) is 0 Å². The summed E-state index contributed by atoms with van der Waals surface area (Å²) in [4.78, 5) is 11.2. The minimum absolute atomic E-state index is 0.199. The number of alkyl halides is 1. The van der Waals surface area contributed by atoms with E-state index in [1.54, 1.807) is 6.07 Å². The molecule has 2 nitrogen and oxygen atoms in total. The zero-order chi connectivity index (χ0) is 10.6. The van der Waals surface area contributed by atoms with Crippen molar-refractivity contribution in [2.24, 2.45) is 0 Å². The number of nitrogens with one attached hydrogen (secondary N) is 1. The second kappa shape index (κ2) is 5.46. The van der Waals surface area contributed by atoms with E-state index in [2.05, 4.69) is 37.2 Å². The van der Waals surface area contributed by atoms with Gasteiger partial charge in [-0.25, -0.2) is 4.39 Å². The third kappa shape index (κ3) is 3.38. The molecule has 0 aliphatic carbocycles. The fourth-order valence-corrected chi connectivity index (χ4v) is 1.61. The van der Waals surface area contributed by atoms with E-state index in [1.165, 1.54) is 12.1 Å². The molecule has 0 radical (unpaired) electrons. The van der Waals surface area contributed by atoms with Gasteiger partial charge >= 0.3 is 0 Å². The predicted molar refractivity (Wildman–Crippen MR) is 61.1 cm³/mol. The van der Waals surface area contributed by atoms with Gasteiger partial charge in [0.2, 0.25) is 5.91 Å². The van der Waals surface area contributed by atoms with Gasteiger partial charge in [0.1, 0.15) is 5.82 Å². The second-order valence-electron chi connectivity index (χ2n) is 2.61. The molecule has 1 aromatic rings. The van der Waals surface area contributed by atoms with Gasteiger partial charge in [0, 0.05) is 16.2 Å². The molecular formula is C9H8Br2FNO. The molecule has 0 spiro atoms. The van der Waals surface area contributed by atoms with Crippen LogP contribution in [0.15, 0.2) is 22.7 Å². The standard InChI is InChI=1S/C9H8Br2FNO/c10-4-3-9(14)13-8-5-6(11)1-2-7(8)12/h1-2,5H,3-4H2,(H,13,14). The van der Waals surface area contributed by atoms with Crippen LogP contribution in [0.3, 0.4) is 0 Å². The van der Waals surface area contributed by atoms with Gasteiger partial charge in [-0.15, -0.1) is 0 Å². The van der Waals surface area contributed by atoms with E-state index in [9.17, 15) is 9.18 Å². The minimum Gasteiger partial charge on any atom is -0.324 e. The first-order chi connectivity index (χ1) is 6.63. The van der Waals surface area contributed by atoms with E-state index in [0.717, 1.165) is 4.47 Å². The third-order valence-electron chi connectivity index (χ3n) is 1.52. The number of carbonyl (C=O) groups excluding carboxylic acids is 1. The van der Waals surface area contributed by atoms with Crippen molar-refractivity contribution >= 4 is 43.5 Å². The fourth-order valence-electron chi connectivity index (χ4n) is 0.892. The lowest BCUT2D eigenvalue weighted by atomic mass is 10.3. The summed E-state index contributed by atoms with van der Waals surface area (Å²) in [6.45, 7) is 0. The van der Waals surface area contributed by atoms with Gasteiger partial charge in [-0.2, -0.15) is 0 Å². The monoisotopic (exact) mass is 323 g/mol. The molecule has 0 aliphatic heterocycles. The van der Waals surface area contributed by atoms with Crippen LogP contribution in [0.1, 0.15) is 6.42 Å². The summed E-state index contributed by atoms with van der Waals surface area (Å²) in [7, 11) is 0. The highest BCUT2D eigenvalue weighted by atomic mass is 79.9. The summed E-state index contributed by atoms with van der Waals surface area (Å²) < 4.78 is 13.9. The van der Waals surface area contributed by atoms with Crippen molar-refractivity contribution in [2.45, 2.75) is 6.42 Å². The highest BCUT2D eigenvalue weighted by molar-refractivity contribution is 9.10. The molecule has 0 aromatic heterocycles. The molecular weight excluding hydrogens is 317 g/mol. The molecule has 0 unspecified atom stereocenters. The largest absolute Gasteiger partial charge is 0.324 e. The maximum atomic E-state index is 13.1. The molecule has 1 aromatic carbocycles. The van der Waals surface area contributed by atoms with Gasteiger partial charge in [0.15, 0.2) is 0 Å². The Morgan fingerprint density at radius 1 is 1.50 bits per heavy atom. The van der Waals surface area contributed by atoms with Gasteiger partial charge in [-0.1, -0.05) is 31.9 Å². The van der Waals surface area contributed by atoms with Crippen LogP contribution in [-0.4, -0.2) is 11.2 Å². The first-order valence-corrected chi connectivity index (χ1v) is 5.86. The maximum absolute atomic E-state index is 13.1. The summed E-state index contributed by atoms with van der Waals surface area (Å²) in [5, 5.41) is 3.04. The number of benzene rings is 1. The van der Waals surface area contributed by atoms with Gasteiger partial charge in [0.25, 0.3) is 0 Å². The summed E-state index contributed by atoms with van der Waals surface area (Å²) >= 11 is 6.33. The Balaban J connectivity index is 2.75. The van der Waals surface area contributed by atoms with Crippen LogP contribution in [0.5, 0.6) is 0 Å². The SMILES string of the molecule is O=C(CCBr)Nc1cc(Br)ccc1F. The highest BCUT2D eigenvalue weighted by Gasteiger charge is 2.06. The molecule has 0 heterocycles. The van der Waals surface area contributed by atoms with E-state index in [1.807, 2.05) is 0 Å². The molecule has 0 saturated heterocycles. The summed E-state index contributed by atoms with van der Waals surface area (Å²) in [6.07, 6.45) is 0.325. The lowest BCUT2D eigenvalue weighted by Crippen LogP contribution is -2.12. The summed E-state index contributed by atoms with van der Waals surface area (Å²) in [5.41, 5.74) is 0.199. The topological polar surface area (TPSA) is 29.1 Å². The second-order valence-corrected chi connectivity index (χ2v) is 4.32. The molecule has 0 aliphatic rings. The zero-order valence-electron chi connectivity index (χ0n) is 7.19. The molecule has 1 amide bonds. The van der Waals surface area contributed by atoms with Crippen molar-refractivity contribution in [1.82, 2.24) is 0 Å². The average Bonchev–Trinajstić information content (AvgIpc) is 2.12. The highest BCUT2D eigenvalue weighted by Crippen LogP contribution is 2.20. The van der Waals surface area contributed by atoms with Crippen LogP contribution in [0.4, 0.5) is 10.1 Å². The van der Waals surface area contributed by atoms with Crippen molar-refractivity contribution in [3.05, 3.63) is 28.5 Å². The van der Waals surface area contributed by atoms with Crippen LogP contribution in [-0.2, 0) is 4.79 Å². The van der Waals surface area contributed by atoms with Crippen molar-refractivity contribution in [3.63, 3.8) is 0 Å². The Hall–Kier alpha value is -0.420. The smallest absolute Gasteiger partial charge is 0.225 e. The maximum Gasteiger partial charge on any atom is 0.225 e. The quantitative estimate of drug-likeness (QED) is 0.849. The molecule has 14 heavy (non-hydrogen) atoms. The Bertz CT molecular complexity index is 344. The lowest BCUT2D eigenvalue weighted by molar-refractivity contribution is -0.115. The minimum atomic E-state index is -0.434. The van der Waals surface area contributed by atoms with Crippen LogP contribution in [0, 0.1) is 5.82 Å². The van der Waals surface area contributed by atoms with Crippen LogP contribution >= 0.6 is 31.9 Å². The molecule has 0 atom stereocenters. The first kappa shape index (κ1) is 11.7. The molecule has 0 fully saturated rings. The van der Waals surface area contributed by atoms with Gasteiger partial charge in [-0.05, 0) is 18.2 Å². The van der Waals surface area contributed by atoms with E-state index in [0.29, 0.717) is 11.8 Å². The van der Waals surface area contributed by atoms with E-state index < -0.39 is 5.82 Å². The Morgan fingerprint density at radius 2 is 2.21 bits per heavy atom. The Labute approximate surface area is 98.1 Å². The first-order valence-electron chi connectivity index (χ1n) is 3.94. The molecule has 0 bridgehead atoms. The van der Waals surface area contributed by atoms with E-state index in [4.69, 9.17) is 0 Å². The number of anilines is 1. The van der Waals surface area contributed by atoms with E-state index >= 15 is 0 Å². The number of halogens is 3. The van der Waals surface area contributed by atoms with Crippen LogP contribution in [0.25, 0.3) is 0 Å². The number of amides is 1. The Morgan fingerprint density at radius 3 is 2.86 bits per heavy atom. The fraction of sp³-hybridized carbons (Fsp3) is 0.222. The third-order valence-corrected chi connectivity index (χ3v) is 2.41. The van der Waals surface area contributed by atoms with Crippen molar-refractivity contribution in [2.75, 3.05) is 10.6 Å². The summed E-state index contributed by atoms with van der Waals surface area (Å²) in [6, 6.07) is 4.41. The van der Waals surface area contributed by atoms with Gasteiger partial charge < -0.3 is 5.32 Å². The van der Waals surface area contributed by atoms with Gasteiger partial charge in [-0.3, -0.25) is 4.79 Å². The lowest BCUT2D eigenvalue weighted by Gasteiger charge is -2.05. The molecule has 5 heteroatoms. The normalized spacial score (nSPS) is 9.93. The summed E-state index contributed by atoms with van der Waals surface area (Å²) in [5.74, 6) is -0.644. The van der Waals surface area contributed by atoms with Crippen molar-refractivity contribution in [3.8, 4) is 0 Å². The Kier molecular flexibility index (Phi) is 4.54. The van der Waals surface area contributed by atoms with Crippen molar-refractivity contribution in [1.29, 1.82) is 0 Å². The number of hydrogen-bond donors (Lipinski definition) is 1. The molecule has 1 rings (SSSR count). The number of carbonyl (C=O) groups is 1. The number of rotatable bonds is 3. The molecule has 76 valence electrons. The van der Waals surface area contributed by atoms with Crippen LogP contribution < -0.4 is 5.32 Å². The van der Waals surface area contributed by atoms with Crippen molar-refractivity contribution < 1.29 is 9.18 Å².